The Morgan fingerprint density at radius 2 is 1.95 bits per heavy atom. The van der Waals surface area contributed by atoms with Gasteiger partial charge in [0.05, 0.1) is 24.8 Å². The summed E-state index contributed by atoms with van der Waals surface area (Å²) in [6.45, 7) is 3.51. The average Bonchev–Trinajstić information content (AvgIpc) is 2.74. The molecule has 1 amide bonds. The fourth-order valence-electron chi connectivity index (χ4n) is 2.61. The van der Waals surface area contributed by atoms with Crippen LogP contribution in [0.4, 0.5) is 0 Å². The van der Waals surface area contributed by atoms with Gasteiger partial charge in [-0.15, -0.1) is 0 Å². The SMILES string of the molecule is CCOc1ccc(C2C(C(C)=O)=C(O)C(=O)N2CCO)cc1. The molecule has 0 radical (unpaired) electrons. The topological polar surface area (TPSA) is 87.1 Å². The van der Waals surface area contributed by atoms with Crippen molar-refractivity contribution in [3.05, 3.63) is 41.2 Å². The molecule has 0 saturated heterocycles. The minimum Gasteiger partial charge on any atom is -0.503 e. The van der Waals surface area contributed by atoms with E-state index in [9.17, 15) is 14.7 Å². The van der Waals surface area contributed by atoms with Crippen molar-refractivity contribution in [3.8, 4) is 5.75 Å². The average molecular weight is 305 g/mol. The number of rotatable bonds is 6. The van der Waals surface area contributed by atoms with Gasteiger partial charge in [0.2, 0.25) is 0 Å². The minimum absolute atomic E-state index is 0.0392. The molecule has 1 heterocycles. The number of hydrogen-bond acceptors (Lipinski definition) is 5. The summed E-state index contributed by atoms with van der Waals surface area (Å²) < 4.78 is 5.37. The summed E-state index contributed by atoms with van der Waals surface area (Å²) in [6.07, 6.45) is 0. The van der Waals surface area contributed by atoms with Gasteiger partial charge in [0.15, 0.2) is 11.5 Å². The minimum atomic E-state index is -0.687. The summed E-state index contributed by atoms with van der Waals surface area (Å²) in [6, 6.07) is 6.29. The van der Waals surface area contributed by atoms with E-state index >= 15 is 0 Å². The number of hydrogen-bond donors (Lipinski definition) is 2. The van der Waals surface area contributed by atoms with Gasteiger partial charge in [-0.05, 0) is 31.5 Å². The first-order valence-corrected chi connectivity index (χ1v) is 7.09. The molecule has 0 fully saturated rings. The second kappa shape index (κ2) is 6.62. The highest BCUT2D eigenvalue weighted by Crippen LogP contribution is 2.37. The molecule has 22 heavy (non-hydrogen) atoms. The van der Waals surface area contributed by atoms with Crippen LogP contribution in [0.5, 0.6) is 5.75 Å². The maximum Gasteiger partial charge on any atom is 0.290 e. The molecule has 6 nitrogen and oxygen atoms in total. The van der Waals surface area contributed by atoms with Crippen LogP contribution in [0.3, 0.4) is 0 Å². The molecule has 6 heteroatoms. The molecule has 1 unspecified atom stereocenters. The fraction of sp³-hybridized carbons (Fsp3) is 0.375. The Labute approximate surface area is 128 Å². The molecule has 118 valence electrons. The Morgan fingerprint density at radius 3 is 2.45 bits per heavy atom. The van der Waals surface area contributed by atoms with E-state index in [2.05, 4.69) is 0 Å². The molecule has 1 aromatic rings. The third-order valence-electron chi connectivity index (χ3n) is 3.53. The zero-order valence-electron chi connectivity index (χ0n) is 12.6. The first-order chi connectivity index (χ1) is 10.5. The molecule has 1 aromatic carbocycles. The number of ether oxygens (including phenoxy) is 1. The maximum absolute atomic E-state index is 12.1. The third kappa shape index (κ3) is 2.82. The molecule has 1 aliphatic heterocycles. The van der Waals surface area contributed by atoms with Crippen molar-refractivity contribution >= 4 is 11.7 Å². The quantitative estimate of drug-likeness (QED) is 0.828. The van der Waals surface area contributed by atoms with Crippen molar-refractivity contribution in [2.45, 2.75) is 19.9 Å². The van der Waals surface area contributed by atoms with E-state index in [1.165, 1.54) is 11.8 Å². The highest BCUT2D eigenvalue weighted by atomic mass is 16.5. The Hall–Kier alpha value is -2.34. The van der Waals surface area contributed by atoms with Gasteiger partial charge in [0.25, 0.3) is 5.91 Å². The predicted octanol–water partition coefficient (Wildman–Crippen LogP) is 1.36. The van der Waals surface area contributed by atoms with E-state index in [1.807, 2.05) is 6.92 Å². The second-order valence-electron chi connectivity index (χ2n) is 4.95. The van der Waals surface area contributed by atoms with Crippen LogP contribution < -0.4 is 4.74 Å². The zero-order valence-corrected chi connectivity index (χ0v) is 12.6. The first-order valence-electron chi connectivity index (χ1n) is 7.09. The number of ketones is 1. The molecule has 0 bridgehead atoms. The van der Waals surface area contributed by atoms with E-state index in [1.54, 1.807) is 24.3 Å². The molecule has 1 atom stereocenters. The van der Waals surface area contributed by atoms with Crippen molar-refractivity contribution in [2.75, 3.05) is 19.8 Å². The van der Waals surface area contributed by atoms with Crippen LogP contribution >= 0.6 is 0 Å². The number of carbonyl (C=O) groups is 2. The normalized spacial score (nSPS) is 18.0. The van der Waals surface area contributed by atoms with Gasteiger partial charge in [-0.3, -0.25) is 9.59 Å². The smallest absolute Gasteiger partial charge is 0.290 e. The fourth-order valence-corrected chi connectivity index (χ4v) is 2.61. The number of carbonyl (C=O) groups excluding carboxylic acids is 2. The lowest BCUT2D eigenvalue weighted by molar-refractivity contribution is -0.129. The monoisotopic (exact) mass is 305 g/mol. The molecular formula is C16H19NO5. The highest BCUT2D eigenvalue weighted by Gasteiger charge is 2.41. The molecule has 2 N–H and O–H groups in total. The van der Waals surface area contributed by atoms with Crippen molar-refractivity contribution in [1.82, 2.24) is 4.90 Å². The van der Waals surface area contributed by atoms with Gasteiger partial charge in [-0.1, -0.05) is 12.1 Å². The van der Waals surface area contributed by atoms with E-state index in [4.69, 9.17) is 9.84 Å². The zero-order chi connectivity index (χ0) is 16.3. The predicted molar refractivity (Wildman–Crippen MR) is 79.5 cm³/mol. The molecule has 2 rings (SSSR count). The van der Waals surface area contributed by atoms with Crippen molar-refractivity contribution in [2.24, 2.45) is 0 Å². The summed E-state index contributed by atoms with van der Waals surface area (Å²) in [7, 11) is 0. The van der Waals surface area contributed by atoms with Crippen LogP contribution in [0.2, 0.25) is 0 Å². The first kappa shape index (κ1) is 16.0. The van der Waals surface area contributed by atoms with Gasteiger partial charge in [0.1, 0.15) is 5.75 Å². The van der Waals surface area contributed by atoms with E-state index in [0.29, 0.717) is 17.9 Å². The summed E-state index contributed by atoms with van der Waals surface area (Å²) in [5.41, 5.74) is 0.738. The molecule has 0 aromatic heterocycles. The molecule has 1 aliphatic rings. The van der Waals surface area contributed by atoms with E-state index in [0.717, 1.165) is 0 Å². The van der Waals surface area contributed by atoms with Crippen LogP contribution in [0, 0.1) is 0 Å². The van der Waals surface area contributed by atoms with Gasteiger partial charge in [-0.25, -0.2) is 0 Å². The Morgan fingerprint density at radius 1 is 1.32 bits per heavy atom. The second-order valence-corrected chi connectivity index (χ2v) is 4.95. The van der Waals surface area contributed by atoms with Crippen molar-refractivity contribution < 1.29 is 24.5 Å². The van der Waals surface area contributed by atoms with Crippen LogP contribution in [0.15, 0.2) is 35.6 Å². The molecule has 0 saturated carbocycles. The Balaban J connectivity index is 2.42. The van der Waals surface area contributed by atoms with Gasteiger partial charge < -0.3 is 19.8 Å². The largest absolute Gasteiger partial charge is 0.503 e. The van der Waals surface area contributed by atoms with Crippen LogP contribution in [0.1, 0.15) is 25.5 Å². The van der Waals surface area contributed by atoms with Crippen molar-refractivity contribution in [1.29, 1.82) is 0 Å². The number of nitrogens with zero attached hydrogens (tertiary/aromatic N) is 1. The summed E-state index contributed by atoms with van der Waals surface area (Å²) >= 11 is 0. The highest BCUT2D eigenvalue weighted by molar-refractivity contribution is 6.08. The molecular weight excluding hydrogens is 286 g/mol. The lowest BCUT2D eigenvalue weighted by atomic mass is 9.97. The number of Topliss-reactive ketones (excluding diaryl/α,β-unsaturated/α-hetero) is 1. The third-order valence-corrected chi connectivity index (χ3v) is 3.53. The van der Waals surface area contributed by atoms with Gasteiger partial charge in [-0.2, -0.15) is 0 Å². The number of amides is 1. The summed E-state index contributed by atoms with van der Waals surface area (Å²) in [4.78, 5) is 25.2. The molecule has 0 spiro atoms. The van der Waals surface area contributed by atoms with Crippen LogP contribution in [0.25, 0.3) is 0 Å². The Bertz CT molecular complexity index is 605. The maximum atomic E-state index is 12.1. The number of aliphatic hydroxyl groups excluding tert-OH is 2. The van der Waals surface area contributed by atoms with E-state index in [-0.39, 0.29) is 24.5 Å². The van der Waals surface area contributed by atoms with Crippen molar-refractivity contribution in [3.63, 3.8) is 0 Å². The number of β-amino-alcohol motifs (C(OH)–C–C–N with tert-alkyl or cyclic N) is 1. The standard InChI is InChI=1S/C16H19NO5/c1-3-22-12-6-4-11(5-7-12)14-13(10(2)19)15(20)16(21)17(14)8-9-18/h4-7,14,18,20H,3,8-9H2,1-2H3. The number of benzene rings is 1. The summed E-state index contributed by atoms with van der Waals surface area (Å²) in [5.74, 6) is -0.870. The van der Waals surface area contributed by atoms with Crippen LogP contribution in [-0.4, -0.2) is 46.6 Å². The van der Waals surface area contributed by atoms with E-state index < -0.39 is 17.7 Å². The van der Waals surface area contributed by atoms with Crippen LogP contribution in [-0.2, 0) is 9.59 Å². The Kier molecular flexibility index (Phi) is 4.82. The lowest BCUT2D eigenvalue weighted by Crippen LogP contribution is -2.33. The lowest BCUT2D eigenvalue weighted by Gasteiger charge is -2.25. The van der Waals surface area contributed by atoms with Gasteiger partial charge in [0, 0.05) is 6.54 Å². The number of aliphatic hydroxyl groups is 2. The molecule has 0 aliphatic carbocycles. The summed E-state index contributed by atoms with van der Waals surface area (Å²) in [5, 5.41) is 19.1. The van der Waals surface area contributed by atoms with Gasteiger partial charge >= 0.3 is 0 Å².